The second kappa shape index (κ2) is 6.69. The summed E-state index contributed by atoms with van der Waals surface area (Å²) < 4.78 is 0. The Bertz CT molecular complexity index is 800. The lowest BCUT2D eigenvalue weighted by atomic mass is 9.60. The summed E-state index contributed by atoms with van der Waals surface area (Å²) in [5.74, 6) is 0.841. The molecule has 2 atom stereocenters. The number of hydrogen-bond donors (Lipinski definition) is 1. The number of benzene rings is 1. The van der Waals surface area contributed by atoms with Crippen LogP contribution in [0.5, 0.6) is 0 Å². The molecule has 0 unspecified atom stereocenters. The van der Waals surface area contributed by atoms with E-state index in [0.717, 1.165) is 37.5 Å². The summed E-state index contributed by atoms with van der Waals surface area (Å²) >= 11 is 1.66. The third kappa shape index (κ3) is 2.65. The van der Waals surface area contributed by atoms with Crippen LogP contribution in [0.3, 0.4) is 0 Å². The van der Waals surface area contributed by atoms with Gasteiger partial charge in [0.05, 0.1) is 18.7 Å². The van der Waals surface area contributed by atoms with Crippen LogP contribution in [0.15, 0.2) is 41.9 Å². The second-order valence-electron chi connectivity index (χ2n) is 8.12. The average Bonchev–Trinajstić information content (AvgIpc) is 3.10. The number of carbonyl (C=O) groups excluding carboxylic acids is 1. The molecule has 1 spiro atoms. The molecular formula is C21H25N3O2S. The van der Waals surface area contributed by atoms with E-state index in [1.807, 2.05) is 22.5 Å². The van der Waals surface area contributed by atoms with Crippen molar-refractivity contribution in [3.05, 3.63) is 52.5 Å². The van der Waals surface area contributed by atoms with Crippen LogP contribution in [-0.4, -0.2) is 57.1 Å². The Morgan fingerprint density at radius 1 is 1.26 bits per heavy atom. The highest BCUT2D eigenvalue weighted by Crippen LogP contribution is 2.55. The highest BCUT2D eigenvalue weighted by atomic mass is 32.1. The van der Waals surface area contributed by atoms with Gasteiger partial charge in [0.2, 0.25) is 5.91 Å². The summed E-state index contributed by atoms with van der Waals surface area (Å²) in [5, 5.41) is 13.2. The largest absolute Gasteiger partial charge is 0.395 e. The molecular weight excluding hydrogens is 358 g/mol. The van der Waals surface area contributed by atoms with Crippen LogP contribution in [0.2, 0.25) is 0 Å². The van der Waals surface area contributed by atoms with Gasteiger partial charge in [-0.1, -0.05) is 36.8 Å². The first-order chi connectivity index (χ1) is 13.2. The normalized spacial score (nSPS) is 27.1. The Morgan fingerprint density at radius 3 is 2.63 bits per heavy atom. The Balaban J connectivity index is 1.41. The van der Waals surface area contributed by atoms with Crippen LogP contribution in [0.25, 0.3) is 0 Å². The number of thiazole rings is 1. The van der Waals surface area contributed by atoms with Crippen LogP contribution < -0.4 is 0 Å². The molecule has 1 saturated carbocycles. The van der Waals surface area contributed by atoms with E-state index in [1.165, 1.54) is 12.0 Å². The number of aromatic nitrogens is 1. The molecule has 3 fully saturated rings. The van der Waals surface area contributed by atoms with Crippen LogP contribution in [0.1, 0.15) is 35.8 Å². The van der Waals surface area contributed by atoms with Crippen molar-refractivity contribution in [2.24, 2.45) is 5.92 Å². The fourth-order valence-electron chi connectivity index (χ4n) is 5.18. The van der Waals surface area contributed by atoms with Gasteiger partial charge in [0.25, 0.3) is 0 Å². The van der Waals surface area contributed by atoms with Crippen molar-refractivity contribution in [3.63, 3.8) is 0 Å². The summed E-state index contributed by atoms with van der Waals surface area (Å²) in [7, 11) is 0. The average molecular weight is 384 g/mol. The molecule has 5 rings (SSSR count). The standard InChI is InChI=1S/C21H25N3O2S/c25-12-17-19(15-5-2-1-3-6-15)21(24(17)11-18-22-9-10-27-18)13-23(14-21)20(26)16-7-4-8-16/h1-3,5-6,9-10,16-17,19,25H,4,7-8,11-14H2/t17-,19+/m1/s1. The predicted molar refractivity (Wildman–Crippen MR) is 104 cm³/mol. The van der Waals surface area contributed by atoms with Crippen molar-refractivity contribution in [3.8, 4) is 0 Å². The molecule has 2 aromatic rings. The van der Waals surface area contributed by atoms with Gasteiger partial charge in [0.15, 0.2) is 0 Å². The monoisotopic (exact) mass is 383 g/mol. The molecule has 1 aliphatic carbocycles. The number of rotatable bonds is 5. The highest BCUT2D eigenvalue weighted by molar-refractivity contribution is 7.09. The van der Waals surface area contributed by atoms with Crippen molar-refractivity contribution < 1.29 is 9.90 Å². The molecule has 2 aliphatic heterocycles. The number of hydrogen-bond acceptors (Lipinski definition) is 5. The van der Waals surface area contributed by atoms with E-state index in [1.54, 1.807) is 11.3 Å². The van der Waals surface area contributed by atoms with Gasteiger partial charge in [-0.15, -0.1) is 11.3 Å². The molecule has 2 saturated heterocycles. The molecule has 1 amide bonds. The summed E-state index contributed by atoms with van der Waals surface area (Å²) in [4.78, 5) is 21.6. The molecule has 27 heavy (non-hydrogen) atoms. The van der Waals surface area contributed by atoms with Gasteiger partial charge in [-0.25, -0.2) is 4.98 Å². The first-order valence-corrected chi connectivity index (χ1v) is 10.7. The minimum absolute atomic E-state index is 0.0696. The number of nitrogens with zero attached hydrogens (tertiary/aromatic N) is 3. The number of aliphatic hydroxyl groups excluding tert-OH is 1. The lowest BCUT2D eigenvalue weighted by Gasteiger charge is -2.71. The molecule has 0 bridgehead atoms. The van der Waals surface area contributed by atoms with E-state index in [0.29, 0.717) is 5.91 Å². The molecule has 1 aromatic heterocycles. The van der Waals surface area contributed by atoms with Crippen LogP contribution in [0.4, 0.5) is 0 Å². The summed E-state index contributed by atoms with van der Waals surface area (Å²) in [6, 6.07) is 10.6. The van der Waals surface area contributed by atoms with E-state index in [2.05, 4.69) is 34.1 Å². The Morgan fingerprint density at radius 2 is 2.04 bits per heavy atom. The SMILES string of the molecule is O=C(C1CCC1)N1CC2(C1)[C@@H](c1ccccc1)[C@@H](CO)N2Cc1nccs1. The smallest absolute Gasteiger partial charge is 0.225 e. The zero-order valence-electron chi connectivity index (χ0n) is 15.3. The van der Waals surface area contributed by atoms with Gasteiger partial charge in [0, 0.05) is 42.5 Å². The molecule has 1 aromatic carbocycles. The fraction of sp³-hybridized carbons (Fsp3) is 0.524. The van der Waals surface area contributed by atoms with Gasteiger partial charge in [-0.3, -0.25) is 9.69 Å². The maximum absolute atomic E-state index is 12.7. The van der Waals surface area contributed by atoms with Crippen molar-refractivity contribution in [1.29, 1.82) is 0 Å². The third-order valence-electron chi connectivity index (χ3n) is 6.77. The zero-order valence-corrected chi connectivity index (χ0v) is 16.1. The van der Waals surface area contributed by atoms with Crippen molar-refractivity contribution in [1.82, 2.24) is 14.8 Å². The quantitative estimate of drug-likeness (QED) is 0.862. The Labute approximate surface area is 163 Å². The van der Waals surface area contributed by atoms with Gasteiger partial charge in [0.1, 0.15) is 5.01 Å². The number of amides is 1. The number of aliphatic hydroxyl groups is 1. The number of likely N-dealkylation sites (tertiary alicyclic amines) is 2. The van der Waals surface area contributed by atoms with Gasteiger partial charge >= 0.3 is 0 Å². The first kappa shape index (κ1) is 17.3. The Hall–Kier alpha value is -1.76. The zero-order chi connectivity index (χ0) is 18.4. The molecule has 0 radical (unpaired) electrons. The molecule has 1 N–H and O–H groups in total. The molecule has 6 heteroatoms. The fourth-order valence-corrected chi connectivity index (χ4v) is 5.79. The molecule has 142 valence electrons. The van der Waals surface area contributed by atoms with Gasteiger partial charge in [-0.05, 0) is 18.4 Å². The lowest BCUT2D eigenvalue weighted by Crippen LogP contribution is -2.84. The van der Waals surface area contributed by atoms with E-state index in [4.69, 9.17) is 0 Å². The predicted octanol–water partition coefficient (Wildman–Crippen LogP) is 2.48. The van der Waals surface area contributed by atoms with Crippen molar-refractivity contribution in [2.45, 2.75) is 43.3 Å². The van der Waals surface area contributed by atoms with Crippen molar-refractivity contribution in [2.75, 3.05) is 19.7 Å². The van der Waals surface area contributed by atoms with Gasteiger partial charge in [-0.2, -0.15) is 0 Å². The minimum atomic E-state index is -0.0696. The van der Waals surface area contributed by atoms with Gasteiger partial charge < -0.3 is 10.0 Å². The Kier molecular flexibility index (Phi) is 4.30. The van der Waals surface area contributed by atoms with Crippen LogP contribution >= 0.6 is 11.3 Å². The first-order valence-electron chi connectivity index (χ1n) is 9.82. The molecule has 5 nitrogen and oxygen atoms in total. The maximum atomic E-state index is 12.7. The van der Waals surface area contributed by atoms with E-state index in [9.17, 15) is 9.90 Å². The molecule has 3 heterocycles. The minimum Gasteiger partial charge on any atom is -0.395 e. The summed E-state index contributed by atoms with van der Waals surface area (Å²) in [6.07, 6.45) is 5.12. The van der Waals surface area contributed by atoms with Crippen molar-refractivity contribution >= 4 is 17.2 Å². The van der Waals surface area contributed by atoms with Crippen LogP contribution in [0, 0.1) is 5.92 Å². The number of carbonyl (C=O) groups is 1. The van der Waals surface area contributed by atoms with Crippen LogP contribution in [-0.2, 0) is 11.3 Å². The summed E-state index contributed by atoms with van der Waals surface area (Å²) in [5.41, 5.74) is 1.20. The maximum Gasteiger partial charge on any atom is 0.225 e. The van der Waals surface area contributed by atoms with E-state index in [-0.39, 0.29) is 30.0 Å². The lowest BCUT2D eigenvalue weighted by molar-refractivity contribution is -0.203. The topological polar surface area (TPSA) is 56.7 Å². The molecule has 3 aliphatic rings. The summed E-state index contributed by atoms with van der Waals surface area (Å²) in [6.45, 7) is 2.41. The van der Waals surface area contributed by atoms with E-state index < -0.39 is 0 Å². The highest BCUT2D eigenvalue weighted by Gasteiger charge is 2.66. The van der Waals surface area contributed by atoms with E-state index >= 15 is 0 Å². The second-order valence-corrected chi connectivity index (χ2v) is 9.10. The third-order valence-corrected chi connectivity index (χ3v) is 7.53.